The summed E-state index contributed by atoms with van der Waals surface area (Å²) in [6.07, 6.45) is 0. The molecule has 2 aromatic rings. The van der Waals surface area contributed by atoms with Crippen LogP contribution < -0.4 is 4.18 Å². The van der Waals surface area contributed by atoms with Gasteiger partial charge < -0.3 is 4.18 Å². The zero-order valence-corrected chi connectivity index (χ0v) is 11.7. The van der Waals surface area contributed by atoms with Crippen LogP contribution in [0.2, 0.25) is 0 Å². The summed E-state index contributed by atoms with van der Waals surface area (Å²) in [5.74, 6) is -8.53. The van der Waals surface area contributed by atoms with E-state index in [0.29, 0.717) is 24.3 Å². The summed E-state index contributed by atoms with van der Waals surface area (Å²) < 4.78 is 108. The van der Waals surface area contributed by atoms with Gasteiger partial charge in [0.1, 0.15) is 17.2 Å². The molecule has 0 atom stereocenters. The molecule has 0 aliphatic carbocycles. The van der Waals surface area contributed by atoms with Crippen molar-refractivity contribution in [2.75, 3.05) is 0 Å². The summed E-state index contributed by atoms with van der Waals surface area (Å²) in [5.41, 5.74) is -2.11. The van der Waals surface area contributed by atoms with Gasteiger partial charge in [-0.05, 0) is 24.3 Å². The standard InChI is InChI=1S/C13H6F6O3S/c14-7-3-1-4-8(15)11(7)13(18,19)23(20,21)22-12-9(16)5-2-6-10(12)17/h1-6H. The van der Waals surface area contributed by atoms with Gasteiger partial charge in [0.05, 0.1) is 0 Å². The highest BCUT2D eigenvalue weighted by Crippen LogP contribution is 2.39. The van der Waals surface area contributed by atoms with Crippen LogP contribution in [0.3, 0.4) is 0 Å². The fraction of sp³-hybridized carbons (Fsp3) is 0.0769. The molecule has 2 rings (SSSR count). The van der Waals surface area contributed by atoms with E-state index >= 15 is 0 Å². The van der Waals surface area contributed by atoms with Crippen LogP contribution in [0.15, 0.2) is 36.4 Å². The molecule has 0 radical (unpaired) electrons. The van der Waals surface area contributed by atoms with Gasteiger partial charge in [0.15, 0.2) is 11.6 Å². The van der Waals surface area contributed by atoms with Crippen LogP contribution in [-0.2, 0) is 15.4 Å². The molecule has 0 unspecified atom stereocenters. The minimum atomic E-state index is -6.15. The molecule has 124 valence electrons. The van der Waals surface area contributed by atoms with Crippen LogP contribution in [0, 0.1) is 23.3 Å². The predicted octanol–water partition coefficient (Wildman–Crippen LogP) is 3.70. The molecule has 0 saturated carbocycles. The molecule has 0 heterocycles. The second-order valence-corrected chi connectivity index (χ2v) is 5.79. The molecule has 0 aliphatic heterocycles. The van der Waals surface area contributed by atoms with Crippen molar-refractivity contribution in [3.8, 4) is 5.75 Å². The van der Waals surface area contributed by atoms with Gasteiger partial charge in [-0.3, -0.25) is 0 Å². The third-order valence-electron chi connectivity index (χ3n) is 2.68. The normalized spacial score (nSPS) is 12.3. The van der Waals surface area contributed by atoms with Crippen LogP contribution in [0.1, 0.15) is 5.56 Å². The number of hydrogen-bond acceptors (Lipinski definition) is 3. The Kier molecular flexibility index (Phi) is 4.29. The van der Waals surface area contributed by atoms with Crippen molar-refractivity contribution < 1.29 is 38.9 Å². The summed E-state index contributed by atoms with van der Waals surface area (Å²) in [5, 5.41) is -5.23. The van der Waals surface area contributed by atoms with Crippen molar-refractivity contribution in [1.82, 2.24) is 0 Å². The predicted molar refractivity (Wildman–Crippen MR) is 66.2 cm³/mol. The first-order valence-corrected chi connectivity index (χ1v) is 7.19. The minimum Gasteiger partial charge on any atom is -0.372 e. The molecule has 23 heavy (non-hydrogen) atoms. The van der Waals surface area contributed by atoms with Crippen molar-refractivity contribution >= 4 is 10.1 Å². The van der Waals surface area contributed by atoms with E-state index in [0.717, 1.165) is 12.1 Å². The van der Waals surface area contributed by atoms with Gasteiger partial charge in [0.25, 0.3) is 0 Å². The van der Waals surface area contributed by atoms with Crippen molar-refractivity contribution in [3.05, 3.63) is 65.2 Å². The molecule has 2 aromatic carbocycles. The summed E-state index contributed by atoms with van der Waals surface area (Å²) in [7, 11) is -6.15. The summed E-state index contributed by atoms with van der Waals surface area (Å²) >= 11 is 0. The van der Waals surface area contributed by atoms with Crippen molar-refractivity contribution in [2.24, 2.45) is 0 Å². The number of hydrogen-bond donors (Lipinski definition) is 0. The first-order valence-electron chi connectivity index (χ1n) is 5.78. The van der Waals surface area contributed by atoms with Crippen LogP contribution in [0.25, 0.3) is 0 Å². The van der Waals surface area contributed by atoms with Crippen molar-refractivity contribution in [3.63, 3.8) is 0 Å². The Balaban J connectivity index is 2.54. The van der Waals surface area contributed by atoms with Gasteiger partial charge in [-0.1, -0.05) is 12.1 Å². The largest absolute Gasteiger partial charge is 0.411 e. The zero-order chi connectivity index (χ0) is 17.4. The topological polar surface area (TPSA) is 43.4 Å². The third-order valence-corrected chi connectivity index (χ3v) is 3.90. The minimum absolute atomic E-state index is 0.394. The Morgan fingerprint density at radius 3 is 1.61 bits per heavy atom. The van der Waals surface area contributed by atoms with Gasteiger partial charge in [0, 0.05) is 0 Å². The number of rotatable bonds is 4. The lowest BCUT2D eigenvalue weighted by molar-refractivity contribution is 0.0715. The Morgan fingerprint density at radius 1 is 0.783 bits per heavy atom. The Bertz CT molecular complexity index is 810. The highest BCUT2D eigenvalue weighted by molar-refractivity contribution is 7.87. The maximum absolute atomic E-state index is 14.0. The monoisotopic (exact) mass is 356 g/mol. The molecule has 0 saturated heterocycles. The average molecular weight is 356 g/mol. The van der Waals surface area contributed by atoms with E-state index in [1.807, 2.05) is 0 Å². The van der Waals surface area contributed by atoms with E-state index in [1.165, 1.54) is 0 Å². The number of benzene rings is 2. The summed E-state index contributed by atoms with van der Waals surface area (Å²) in [6, 6.07) is 3.45. The van der Waals surface area contributed by atoms with Crippen LogP contribution >= 0.6 is 0 Å². The molecule has 3 nitrogen and oxygen atoms in total. The SMILES string of the molecule is O=S(=O)(Oc1c(F)cccc1F)C(F)(F)c1c(F)cccc1F. The van der Waals surface area contributed by atoms with Gasteiger partial charge >= 0.3 is 15.4 Å². The van der Waals surface area contributed by atoms with Crippen LogP contribution in [0.5, 0.6) is 5.75 Å². The highest BCUT2D eigenvalue weighted by Gasteiger charge is 2.53. The number of alkyl halides is 2. The second-order valence-electron chi connectivity index (χ2n) is 4.20. The van der Waals surface area contributed by atoms with E-state index in [4.69, 9.17) is 0 Å². The molecular formula is C13H6F6O3S. The molecule has 0 aliphatic rings. The first kappa shape index (κ1) is 17.1. The van der Waals surface area contributed by atoms with E-state index in [-0.39, 0.29) is 0 Å². The Morgan fingerprint density at radius 2 is 1.17 bits per heavy atom. The lowest BCUT2D eigenvalue weighted by Crippen LogP contribution is -2.33. The van der Waals surface area contributed by atoms with Crippen molar-refractivity contribution in [1.29, 1.82) is 0 Å². The van der Waals surface area contributed by atoms with Crippen LogP contribution in [-0.4, -0.2) is 8.42 Å². The molecule has 0 aromatic heterocycles. The van der Waals surface area contributed by atoms with Gasteiger partial charge in [-0.25, -0.2) is 17.6 Å². The molecule has 0 amide bonds. The number of halogens is 6. The molecule has 0 N–H and O–H groups in total. The molecule has 0 bridgehead atoms. The molecule has 0 spiro atoms. The highest BCUT2D eigenvalue weighted by atomic mass is 32.2. The van der Waals surface area contributed by atoms with E-state index in [1.54, 1.807) is 0 Å². The lowest BCUT2D eigenvalue weighted by Gasteiger charge is -2.18. The van der Waals surface area contributed by atoms with E-state index in [9.17, 15) is 34.8 Å². The lowest BCUT2D eigenvalue weighted by atomic mass is 10.2. The molecule has 0 fully saturated rings. The van der Waals surface area contributed by atoms with E-state index in [2.05, 4.69) is 4.18 Å². The van der Waals surface area contributed by atoms with Crippen molar-refractivity contribution in [2.45, 2.75) is 5.25 Å². The van der Waals surface area contributed by atoms with E-state index < -0.39 is 50.0 Å². The Hall–Kier alpha value is -2.23. The van der Waals surface area contributed by atoms with Gasteiger partial charge in [-0.2, -0.15) is 17.2 Å². The van der Waals surface area contributed by atoms with Gasteiger partial charge in [-0.15, -0.1) is 0 Å². The maximum atomic E-state index is 14.0. The zero-order valence-electron chi connectivity index (χ0n) is 10.9. The average Bonchev–Trinajstić information content (AvgIpc) is 2.42. The smallest absolute Gasteiger partial charge is 0.372 e. The fourth-order valence-corrected chi connectivity index (χ4v) is 2.55. The third kappa shape index (κ3) is 2.98. The second kappa shape index (κ2) is 5.76. The first-order chi connectivity index (χ1) is 10.6. The summed E-state index contributed by atoms with van der Waals surface area (Å²) in [6.45, 7) is 0. The maximum Gasteiger partial charge on any atom is 0.411 e. The van der Waals surface area contributed by atoms with Crippen LogP contribution in [0.4, 0.5) is 26.3 Å². The molecule has 10 heteroatoms. The van der Waals surface area contributed by atoms with Gasteiger partial charge in [0.2, 0.25) is 5.75 Å². The fourth-order valence-electron chi connectivity index (χ4n) is 1.63. The Labute approximate surface area is 126 Å². The molecular weight excluding hydrogens is 350 g/mol. The number of para-hydroxylation sites is 1. The summed E-state index contributed by atoms with van der Waals surface area (Å²) in [4.78, 5) is 0. The quantitative estimate of drug-likeness (QED) is 0.620.